The summed E-state index contributed by atoms with van der Waals surface area (Å²) in [6, 6.07) is 5.06. The molecule has 0 aliphatic heterocycles. The van der Waals surface area contributed by atoms with Crippen LogP contribution in [0.2, 0.25) is 0 Å². The first-order valence-electron chi connectivity index (χ1n) is 8.06. The molecular weight excluding hydrogens is 310 g/mol. The molecule has 6 heteroatoms. The first-order chi connectivity index (χ1) is 11.5. The molecule has 0 bridgehead atoms. The number of hydrogen-bond acceptors (Lipinski definition) is 5. The lowest BCUT2D eigenvalue weighted by Gasteiger charge is -2.25. The number of esters is 1. The summed E-state index contributed by atoms with van der Waals surface area (Å²) in [7, 11) is 4.43. The van der Waals surface area contributed by atoms with E-state index >= 15 is 0 Å². The zero-order valence-electron chi connectivity index (χ0n) is 15.1. The lowest BCUT2D eigenvalue weighted by atomic mass is 10.1. The van der Waals surface area contributed by atoms with Crippen LogP contribution in [0.4, 0.5) is 0 Å². The van der Waals surface area contributed by atoms with E-state index in [0.29, 0.717) is 30.2 Å². The molecule has 1 unspecified atom stereocenters. The summed E-state index contributed by atoms with van der Waals surface area (Å²) in [5.74, 6) is 0.232. The average Bonchev–Trinajstić information content (AvgIpc) is 2.62. The van der Waals surface area contributed by atoms with E-state index in [1.54, 1.807) is 30.0 Å². The largest absolute Gasteiger partial charge is 0.497 e. The Hall–Kier alpha value is -2.24. The predicted octanol–water partition coefficient (Wildman–Crippen LogP) is 2.76. The second-order valence-electron chi connectivity index (χ2n) is 5.63. The molecule has 1 rings (SSSR count). The van der Waals surface area contributed by atoms with Crippen molar-refractivity contribution in [2.24, 2.45) is 5.92 Å². The third-order valence-electron chi connectivity index (χ3n) is 3.76. The monoisotopic (exact) mass is 337 g/mol. The highest BCUT2D eigenvalue weighted by Gasteiger charge is 2.23. The standard InChI is InChI=1S/C18H27NO5/c1-6-7-8-19(12-13(2)18(21)24-5)17(20)14-9-15(22-3)11-16(10-14)23-4/h9-11,13H,6-8,12H2,1-5H3. The molecule has 0 aliphatic carbocycles. The van der Waals surface area contributed by atoms with Gasteiger partial charge >= 0.3 is 5.97 Å². The Labute approximate surface area is 143 Å². The Morgan fingerprint density at radius 3 is 2.12 bits per heavy atom. The third kappa shape index (κ3) is 5.44. The lowest BCUT2D eigenvalue weighted by molar-refractivity contribution is -0.145. The Bertz CT molecular complexity index is 536. The van der Waals surface area contributed by atoms with Gasteiger partial charge in [0, 0.05) is 24.7 Å². The number of unbranched alkanes of at least 4 members (excludes halogenated alkanes) is 1. The molecule has 0 fully saturated rings. The van der Waals surface area contributed by atoms with Crippen molar-refractivity contribution in [3.05, 3.63) is 23.8 Å². The molecule has 1 aromatic rings. The van der Waals surface area contributed by atoms with Gasteiger partial charge in [-0.1, -0.05) is 20.3 Å². The number of carbonyl (C=O) groups is 2. The number of hydrogen-bond donors (Lipinski definition) is 0. The molecule has 134 valence electrons. The second kappa shape index (κ2) is 9.80. The van der Waals surface area contributed by atoms with E-state index in [1.807, 2.05) is 0 Å². The van der Waals surface area contributed by atoms with E-state index < -0.39 is 0 Å². The normalized spacial score (nSPS) is 11.5. The SMILES string of the molecule is CCCCN(CC(C)C(=O)OC)C(=O)c1cc(OC)cc(OC)c1. The van der Waals surface area contributed by atoms with Crippen LogP contribution in [0.3, 0.4) is 0 Å². The highest BCUT2D eigenvalue weighted by atomic mass is 16.5. The van der Waals surface area contributed by atoms with Gasteiger partial charge in [0.05, 0.1) is 27.2 Å². The number of carbonyl (C=O) groups excluding carboxylic acids is 2. The van der Waals surface area contributed by atoms with Crippen LogP contribution in [-0.4, -0.2) is 51.2 Å². The maximum absolute atomic E-state index is 12.9. The van der Waals surface area contributed by atoms with E-state index in [4.69, 9.17) is 14.2 Å². The van der Waals surface area contributed by atoms with Crippen molar-refractivity contribution in [1.29, 1.82) is 0 Å². The fourth-order valence-corrected chi connectivity index (χ4v) is 2.34. The molecule has 0 spiro atoms. The highest BCUT2D eigenvalue weighted by Crippen LogP contribution is 2.24. The number of ether oxygens (including phenoxy) is 3. The van der Waals surface area contributed by atoms with Crippen molar-refractivity contribution in [3.8, 4) is 11.5 Å². The summed E-state index contributed by atoms with van der Waals surface area (Å²) in [6.07, 6.45) is 1.82. The maximum atomic E-state index is 12.9. The molecule has 0 radical (unpaired) electrons. The lowest BCUT2D eigenvalue weighted by Crippen LogP contribution is -2.38. The summed E-state index contributed by atoms with van der Waals surface area (Å²) in [5, 5.41) is 0. The van der Waals surface area contributed by atoms with E-state index in [2.05, 4.69) is 6.92 Å². The molecule has 1 amide bonds. The fraction of sp³-hybridized carbons (Fsp3) is 0.556. The average molecular weight is 337 g/mol. The number of rotatable bonds is 9. The minimum Gasteiger partial charge on any atom is -0.497 e. The topological polar surface area (TPSA) is 65.1 Å². The van der Waals surface area contributed by atoms with Gasteiger partial charge < -0.3 is 19.1 Å². The van der Waals surface area contributed by atoms with Crippen molar-refractivity contribution >= 4 is 11.9 Å². The smallest absolute Gasteiger partial charge is 0.310 e. The Kier molecular flexibility index (Phi) is 8.09. The fourth-order valence-electron chi connectivity index (χ4n) is 2.34. The van der Waals surface area contributed by atoms with Crippen LogP contribution in [-0.2, 0) is 9.53 Å². The molecule has 0 saturated heterocycles. The van der Waals surface area contributed by atoms with Crippen LogP contribution >= 0.6 is 0 Å². The summed E-state index contributed by atoms with van der Waals surface area (Å²) in [6.45, 7) is 4.70. The minimum atomic E-state index is -0.386. The molecule has 0 N–H and O–H groups in total. The molecule has 1 atom stereocenters. The Morgan fingerprint density at radius 1 is 1.08 bits per heavy atom. The zero-order valence-corrected chi connectivity index (χ0v) is 15.1. The van der Waals surface area contributed by atoms with Crippen molar-refractivity contribution in [1.82, 2.24) is 4.90 Å². The van der Waals surface area contributed by atoms with Gasteiger partial charge in [0.1, 0.15) is 11.5 Å². The van der Waals surface area contributed by atoms with Crippen LogP contribution in [0.25, 0.3) is 0 Å². The van der Waals surface area contributed by atoms with Crippen LogP contribution in [0.5, 0.6) is 11.5 Å². The Balaban J connectivity index is 3.04. The number of methoxy groups -OCH3 is 3. The van der Waals surface area contributed by atoms with Gasteiger partial charge in [-0.15, -0.1) is 0 Å². The van der Waals surface area contributed by atoms with E-state index in [0.717, 1.165) is 12.8 Å². The summed E-state index contributed by atoms with van der Waals surface area (Å²) < 4.78 is 15.2. The third-order valence-corrected chi connectivity index (χ3v) is 3.76. The van der Waals surface area contributed by atoms with Crippen LogP contribution < -0.4 is 9.47 Å². The van der Waals surface area contributed by atoms with E-state index in [-0.39, 0.29) is 17.8 Å². The van der Waals surface area contributed by atoms with Crippen LogP contribution in [0.1, 0.15) is 37.0 Å². The second-order valence-corrected chi connectivity index (χ2v) is 5.63. The van der Waals surface area contributed by atoms with Gasteiger partial charge in [-0.2, -0.15) is 0 Å². The van der Waals surface area contributed by atoms with Crippen LogP contribution in [0, 0.1) is 5.92 Å². The van der Waals surface area contributed by atoms with Crippen molar-refractivity contribution in [2.45, 2.75) is 26.7 Å². The van der Waals surface area contributed by atoms with Gasteiger partial charge in [0.2, 0.25) is 0 Å². The molecule has 1 aromatic carbocycles. The maximum Gasteiger partial charge on any atom is 0.310 e. The van der Waals surface area contributed by atoms with Crippen molar-refractivity contribution < 1.29 is 23.8 Å². The molecule has 24 heavy (non-hydrogen) atoms. The van der Waals surface area contributed by atoms with Gasteiger partial charge in [0.15, 0.2) is 0 Å². The van der Waals surface area contributed by atoms with Crippen molar-refractivity contribution in [3.63, 3.8) is 0 Å². The van der Waals surface area contributed by atoms with Crippen molar-refractivity contribution in [2.75, 3.05) is 34.4 Å². The van der Waals surface area contributed by atoms with E-state index in [9.17, 15) is 9.59 Å². The summed E-state index contributed by atoms with van der Waals surface area (Å²) >= 11 is 0. The Morgan fingerprint density at radius 2 is 1.67 bits per heavy atom. The van der Waals surface area contributed by atoms with Crippen LogP contribution in [0.15, 0.2) is 18.2 Å². The van der Waals surface area contributed by atoms with Gasteiger partial charge in [-0.3, -0.25) is 9.59 Å². The number of amides is 1. The summed E-state index contributed by atoms with van der Waals surface area (Å²) in [5.41, 5.74) is 0.472. The molecular formula is C18H27NO5. The van der Waals surface area contributed by atoms with Gasteiger partial charge in [0.25, 0.3) is 5.91 Å². The summed E-state index contributed by atoms with van der Waals surface area (Å²) in [4.78, 5) is 26.3. The molecule has 0 aliphatic rings. The molecule has 6 nitrogen and oxygen atoms in total. The molecule has 0 heterocycles. The van der Waals surface area contributed by atoms with E-state index in [1.165, 1.54) is 21.3 Å². The number of nitrogens with zero attached hydrogens (tertiary/aromatic N) is 1. The minimum absolute atomic E-state index is 0.156. The number of benzene rings is 1. The first kappa shape index (κ1) is 19.8. The quantitative estimate of drug-likeness (QED) is 0.648. The zero-order chi connectivity index (χ0) is 18.1. The predicted molar refractivity (Wildman–Crippen MR) is 91.5 cm³/mol. The highest BCUT2D eigenvalue weighted by molar-refractivity contribution is 5.95. The van der Waals surface area contributed by atoms with Gasteiger partial charge in [-0.25, -0.2) is 0 Å². The molecule has 0 saturated carbocycles. The van der Waals surface area contributed by atoms with Gasteiger partial charge in [-0.05, 0) is 18.6 Å². The molecule has 0 aromatic heterocycles. The first-order valence-corrected chi connectivity index (χ1v) is 8.06.